The molecular formula is C14H18. The van der Waals surface area contributed by atoms with Crippen molar-refractivity contribution in [2.24, 2.45) is 59.2 Å². The monoisotopic (exact) mass is 186 g/mol. The van der Waals surface area contributed by atoms with Gasteiger partial charge in [-0.3, -0.25) is 0 Å². The van der Waals surface area contributed by atoms with Crippen LogP contribution in [0.25, 0.3) is 0 Å². The van der Waals surface area contributed by atoms with Crippen molar-refractivity contribution < 1.29 is 0 Å². The van der Waals surface area contributed by atoms with E-state index in [1.807, 2.05) is 0 Å². The van der Waals surface area contributed by atoms with Gasteiger partial charge in [-0.1, -0.05) is 0 Å². The number of hydrogen-bond acceptors (Lipinski definition) is 0. The van der Waals surface area contributed by atoms with Crippen molar-refractivity contribution >= 4 is 0 Å². The third-order valence-corrected chi connectivity index (χ3v) is 7.84. The van der Waals surface area contributed by atoms with Crippen LogP contribution in [0.3, 0.4) is 0 Å². The van der Waals surface area contributed by atoms with Crippen LogP contribution in [0.15, 0.2) is 0 Å². The molecule has 6 aliphatic rings. The summed E-state index contributed by atoms with van der Waals surface area (Å²) in [5, 5.41) is 0. The number of hydrogen-bond donors (Lipinski definition) is 0. The summed E-state index contributed by atoms with van der Waals surface area (Å²) in [5.41, 5.74) is 0. The van der Waals surface area contributed by atoms with Gasteiger partial charge < -0.3 is 0 Å². The van der Waals surface area contributed by atoms with Crippen molar-refractivity contribution in [3.05, 3.63) is 0 Å². The zero-order chi connectivity index (χ0) is 8.60. The zero-order valence-electron chi connectivity index (χ0n) is 8.60. The molecule has 6 fully saturated rings. The minimum atomic E-state index is 1.24. The molecule has 0 aromatic rings. The van der Waals surface area contributed by atoms with Crippen LogP contribution in [-0.4, -0.2) is 0 Å². The van der Waals surface area contributed by atoms with Crippen LogP contribution in [0.2, 0.25) is 0 Å². The molecule has 14 heavy (non-hydrogen) atoms. The van der Waals surface area contributed by atoms with Crippen LogP contribution >= 0.6 is 0 Å². The summed E-state index contributed by atoms with van der Waals surface area (Å²) in [6, 6.07) is 0. The van der Waals surface area contributed by atoms with Gasteiger partial charge in [0, 0.05) is 0 Å². The topological polar surface area (TPSA) is 0 Å². The lowest BCUT2D eigenvalue weighted by Gasteiger charge is -2.72. The van der Waals surface area contributed by atoms with Crippen LogP contribution in [0, 0.1) is 59.2 Å². The first kappa shape index (κ1) is 6.55. The van der Waals surface area contributed by atoms with Gasteiger partial charge in [0.2, 0.25) is 0 Å². The third-order valence-electron chi connectivity index (χ3n) is 7.84. The second-order valence-corrected chi connectivity index (χ2v) is 7.42. The maximum Gasteiger partial charge on any atom is -0.0318 e. The predicted molar refractivity (Wildman–Crippen MR) is 53.4 cm³/mol. The third kappa shape index (κ3) is 0.403. The van der Waals surface area contributed by atoms with Crippen molar-refractivity contribution in [1.29, 1.82) is 0 Å². The minimum Gasteiger partial charge on any atom is -0.0467 e. The summed E-state index contributed by atoms with van der Waals surface area (Å²) in [7, 11) is 0. The Labute approximate surface area is 85.4 Å². The molecule has 0 aromatic carbocycles. The summed E-state index contributed by atoms with van der Waals surface area (Å²) >= 11 is 0. The Morgan fingerprint density at radius 1 is 0.429 bits per heavy atom. The molecule has 6 saturated carbocycles. The van der Waals surface area contributed by atoms with Crippen LogP contribution in [0.4, 0.5) is 0 Å². The smallest absolute Gasteiger partial charge is 0.0318 e. The Kier molecular flexibility index (Phi) is 0.758. The summed E-state index contributed by atoms with van der Waals surface area (Å²) in [6.45, 7) is 0. The van der Waals surface area contributed by atoms with E-state index in [1.54, 1.807) is 25.7 Å². The SMILES string of the molecule is C1C2CC3C4CC5C6CC(C1C23)C6C45. The molecule has 0 saturated heterocycles. The van der Waals surface area contributed by atoms with E-state index in [0.717, 1.165) is 0 Å². The van der Waals surface area contributed by atoms with Crippen molar-refractivity contribution in [1.82, 2.24) is 0 Å². The Bertz CT molecular complexity index is 288. The predicted octanol–water partition coefficient (Wildman–Crippen LogP) is 2.79. The average molecular weight is 186 g/mol. The molecule has 0 heterocycles. The molecule has 6 aliphatic carbocycles. The van der Waals surface area contributed by atoms with Gasteiger partial charge in [0.1, 0.15) is 0 Å². The molecule has 0 heteroatoms. The van der Waals surface area contributed by atoms with Gasteiger partial charge in [-0.2, -0.15) is 0 Å². The minimum absolute atomic E-state index is 1.24. The van der Waals surface area contributed by atoms with Gasteiger partial charge in [0.15, 0.2) is 0 Å². The van der Waals surface area contributed by atoms with E-state index < -0.39 is 0 Å². The summed E-state index contributed by atoms with van der Waals surface area (Å²) in [4.78, 5) is 0. The van der Waals surface area contributed by atoms with Crippen molar-refractivity contribution in [2.45, 2.75) is 25.7 Å². The van der Waals surface area contributed by atoms with Crippen molar-refractivity contribution in [3.8, 4) is 0 Å². The fourth-order valence-electron chi connectivity index (χ4n) is 7.31. The number of fused-ring (bicyclic) bond motifs is 3. The average Bonchev–Trinajstić information content (AvgIpc) is 2.19. The molecule has 0 bridgehead atoms. The van der Waals surface area contributed by atoms with Gasteiger partial charge in [-0.25, -0.2) is 0 Å². The molecule has 0 aromatic heterocycles. The Balaban J connectivity index is 1.53. The molecule has 8 atom stereocenters. The van der Waals surface area contributed by atoms with Crippen LogP contribution in [0.5, 0.6) is 0 Å². The van der Waals surface area contributed by atoms with Gasteiger partial charge in [0.25, 0.3) is 0 Å². The Morgan fingerprint density at radius 3 is 1.29 bits per heavy atom. The van der Waals surface area contributed by atoms with E-state index in [2.05, 4.69) is 0 Å². The highest BCUT2D eigenvalue weighted by atomic mass is 14.8. The molecular weight excluding hydrogens is 168 g/mol. The van der Waals surface area contributed by atoms with Gasteiger partial charge in [-0.15, -0.1) is 0 Å². The van der Waals surface area contributed by atoms with Crippen LogP contribution in [-0.2, 0) is 0 Å². The fourth-order valence-corrected chi connectivity index (χ4v) is 7.31. The lowest BCUT2D eigenvalue weighted by atomic mass is 9.33. The maximum atomic E-state index is 1.68. The molecule has 0 amide bonds. The lowest BCUT2D eigenvalue weighted by molar-refractivity contribution is -0.243. The molecule has 0 N–H and O–H groups in total. The molecule has 0 spiro atoms. The quantitative estimate of drug-likeness (QED) is 0.545. The lowest BCUT2D eigenvalue weighted by Crippen LogP contribution is -2.67. The van der Waals surface area contributed by atoms with E-state index in [1.165, 1.54) is 59.2 Å². The second-order valence-electron chi connectivity index (χ2n) is 7.42. The van der Waals surface area contributed by atoms with E-state index in [0.29, 0.717) is 0 Å². The Hall–Kier alpha value is 0. The highest BCUT2D eigenvalue weighted by Crippen LogP contribution is 2.82. The first-order valence-corrected chi connectivity index (χ1v) is 6.93. The van der Waals surface area contributed by atoms with E-state index in [4.69, 9.17) is 0 Å². The molecule has 0 aliphatic heterocycles. The largest absolute Gasteiger partial charge is 0.0467 e. The number of rotatable bonds is 0. The maximum absolute atomic E-state index is 1.68. The standard InChI is InChI=1S/C14H18/c1-5-2-7-9-4-11-10-3-8(6(1)12(5)7)13(10)14(9)11/h5-14H,1-4H2. The van der Waals surface area contributed by atoms with E-state index in [-0.39, 0.29) is 0 Å². The van der Waals surface area contributed by atoms with Gasteiger partial charge in [0.05, 0.1) is 0 Å². The van der Waals surface area contributed by atoms with E-state index >= 15 is 0 Å². The normalized spacial score (nSPS) is 84.0. The summed E-state index contributed by atoms with van der Waals surface area (Å²) in [5.74, 6) is 12.6. The second kappa shape index (κ2) is 1.62. The molecule has 6 rings (SSSR count). The Morgan fingerprint density at radius 2 is 0.857 bits per heavy atom. The van der Waals surface area contributed by atoms with Crippen molar-refractivity contribution in [3.63, 3.8) is 0 Å². The molecule has 74 valence electrons. The zero-order valence-corrected chi connectivity index (χ0v) is 8.60. The first-order chi connectivity index (χ1) is 6.93. The van der Waals surface area contributed by atoms with Gasteiger partial charge in [-0.05, 0) is 84.9 Å². The molecule has 0 radical (unpaired) electrons. The molecule has 0 nitrogen and oxygen atoms in total. The van der Waals surface area contributed by atoms with Crippen LogP contribution < -0.4 is 0 Å². The highest BCUT2D eigenvalue weighted by molar-refractivity contribution is 5.24. The molecule has 8 unspecified atom stereocenters. The van der Waals surface area contributed by atoms with Crippen LogP contribution in [0.1, 0.15) is 25.7 Å². The highest BCUT2D eigenvalue weighted by Gasteiger charge is 2.76. The van der Waals surface area contributed by atoms with Gasteiger partial charge >= 0.3 is 0 Å². The summed E-state index contributed by atoms with van der Waals surface area (Å²) in [6.07, 6.45) is 6.69. The van der Waals surface area contributed by atoms with Crippen molar-refractivity contribution in [2.75, 3.05) is 0 Å². The first-order valence-electron chi connectivity index (χ1n) is 6.93. The fraction of sp³-hybridized carbons (Fsp3) is 1.00. The van der Waals surface area contributed by atoms with E-state index in [9.17, 15) is 0 Å². The summed E-state index contributed by atoms with van der Waals surface area (Å²) < 4.78 is 0.